The van der Waals surface area contributed by atoms with Crippen LogP contribution in [0.5, 0.6) is 0 Å². The minimum atomic E-state index is 0.178. The van der Waals surface area contributed by atoms with Crippen molar-refractivity contribution in [1.82, 2.24) is 9.80 Å². The van der Waals surface area contributed by atoms with Gasteiger partial charge in [0.25, 0.3) is 0 Å². The summed E-state index contributed by atoms with van der Waals surface area (Å²) in [7, 11) is 0. The van der Waals surface area contributed by atoms with Crippen molar-refractivity contribution in [3.63, 3.8) is 0 Å². The molecule has 1 aromatic carbocycles. The Balaban J connectivity index is 1.41. The second-order valence-corrected chi connectivity index (χ2v) is 8.69. The number of likely N-dealkylation sites (tertiary alicyclic amines) is 1. The Hall–Kier alpha value is -1.61. The predicted octanol–water partition coefficient (Wildman–Crippen LogP) is 4.07. The maximum atomic E-state index is 13.5. The molecular formula is C24H34N2O. The maximum absolute atomic E-state index is 13.5. The Morgan fingerprint density at radius 2 is 1.89 bits per heavy atom. The van der Waals surface area contributed by atoms with Crippen LogP contribution in [0, 0.1) is 11.8 Å². The number of fused-ring (bicyclic) bond motifs is 1. The van der Waals surface area contributed by atoms with E-state index >= 15 is 0 Å². The zero-order chi connectivity index (χ0) is 18.5. The molecule has 0 N–H and O–H groups in total. The molecule has 0 aromatic heterocycles. The van der Waals surface area contributed by atoms with Crippen LogP contribution in [0.3, 0.4) is 0 Å². The van der Waals surface area contributed by atoms with Gasteiger partial charge < -0.3 is 9.80 Å². The summed E-state index contributed by atoms with van der Waals surface area (Å²) in [4.78, 5) is 18.3. The molecule has 27 heavy (non-hydrogen) atoms. The lowest BCUT2D eigenvalue weighted by molar-refractivity contribution is -0.136. The molecule has 146 valence electrons. The highest BCUT2D eigenvalue weighted by Crippen LogP contribution is 2.28. The number of benzene rings is 1. The second-order valence-electron chi connectivity index (χ2n) is 8.69. The highest BCUT2D eigenvalue weighted by Gasteiger charge is 2.30. The van der Waals surface area contributed by atoms with Gasteiger partial charge in [0.2, 0.25) is 5.91 Å². The molecule has 3 aliphatic rings. The van der Waals surface area contributed by atoms with Crippen LogP contribution in [0.15, 0.2) is 36.4 Å². The summed E-state index contributed by atoms with van der Waals surface area (Å²) in [6.45, 7) is 5.35. The van der Waals surface area contributed by atoms with Crippen LogP contribution in [0.2, 0.25) is 0 Å². The number of hydrogen-bond acceptors (Lipinski definition) is 2. The molecule has 3 nitrogen and oxygen atoms in total. The SMILES string of the molecule is O=C([C@@H]1CCc2ccccc2C1)N(CCN1CCCC1)C[C@H]1CC=CCC1. The van der Waals surface area contributed by atoms with E-state index in [2.05, 4.69) is 46.2 Å². The fourth-order valence-corrected chi connectivity index (χ4v) is 5.06. The van der Waals surface area contributed by atoms with Crippen LogP contribution < -0.4 is 0 Å². The molecule has 0 bridgehead atoms. The molecule has 4 rings (SSSR count). The third-order valence-electron chi connectivity index (χ3n) is 6.75. The summed E-state index contributed by atoms with van der Waals surface area (Å²) in [5, 5.41) is 0. The number of allylic oxidation sites excluding steroid dienone is 2. The van der Waals surface area contributed by atoms with Gasteiger partial charge in [-0.1, -0.05) is 36.4 Å². The molecule has 1 saturated heterocycles. The van der Waals surface area contributed by atoms with E-state index in [1.807, 2.05) is 0 Å². The van der Waals surface area contributed by atoms with Gasteiger partial charge in [0.05, 0.1) is 0 Å². The van der Waals surface area contributed by atoms with Gasteiger partial charge in [-0.15, -0.1) is 0 Å². The third-order valence-corrected chi connectivity index (χ3v) is 6.75. The smallest absolute Gasteiger partial charge is 0.226 e. The van der Waals surface area contributed by atoms with Gasteiger partial charge in [-0.2, -0.15) is 0 Å². The van der Waals surface area contributed by atoms with E-state index in [-0.39, 0.29) is 5.92 Å². The quantitative estimate of drug-likeness (QED) is 0.709. The standard InChI is InChI=1S/C24H34N2O/c27-24(23-13-12-21-10-4-5-11-22(21)18-23)26(17-16-25-14-6-7-15-25)19-20-8-2-1-3-9-20/h1-2,4-5,10-11,20,23H,3,6-9,12-19H2/t20-,23+/m0/s1. The zero-order valence-electron chi connectivity index (χ0n) is 16.6. The van der Waals surface area contributed by atoms with Crippen LogP contribution in [0.1, 0.15) is 49.7 Å². The van der Waals surface area contributed by atoms with Crippen LogP contribution in [-0.4, -0.2) is 48.4 Å². The van der Waals surface area contributed by atoms with Gasteiger partial charge in [0.1, 0.15) is 0 Å². The number of amides is 1. The van der Waals surface area contributed by atoms with Crippen molar-refractivity contribution in [1.29, 1.82) is 0 Å². The van der Waals surface area contributed by atoms with Gasteiger partial charge in [0.15, 0.2) is 0 Å². The highest BCUT2D eigenvalue weighted by atomic mass is 16.2. The molecule has 2 aliphatic carbocycles. The fraction of sp³-hybridized carbons (Fsp3) is 0.625. The normalized spacial score (nSPS) is 25.3. The van der Waals surface area contributed by atoms with Crippen LogP contribution in [0.4, 0.5) is 0 Å². The lowest BCUT2D eigenvalue weighted by Gasteiger charge is -2.34. The molecule has 0 unspecified atom stereocenters. The Bertz CT molecular complexity index is 662. The molecule has 1 amide bonds. The predicted molar refractivity (Wildman–Crippen MR) is 111 cm³/mol. The first kappa shape index (κ1) is 18.7. The summed E-state index contributed by atoms with van der Waals surface area (Å²) in [5.41, 5.74) is 2.84. The summed E-state index contributed by atoms with van der Waals surface area (Å²) >= 11 is 0. The van der Waals surface area contributed by atoms with Crippen molar-refractivity contribution in [3.8, 4) is 0 Å². The lowest BCUT2D eigenvalue weighted by Crippen LogP contribution is -2.44. The van der Waals surface area contributed by atoms with E-state index in [9.17, 15) is 4.79 Å². The number of rotatable bonds is 6. The molecule has 1 aliphatic heterocycles. The fourth-order valence-electron chi connectivity index (χ4n) is 5.06. The topological polar surface area (TPSA) is 23.6 Å². The van der Waals surface area contributed by atoms with Gasteiger partial charge in [-0.05, 0) is 81.5 Å². The van der Waals surface area contributed by atoms with Crippen molar-refractivity contribution >= 4 is 5.91 Å². The van der Waals surface area contributed by atoms with Gasteiger partial charge in [0, 0.05) is 25.6 Å². The van der Waals surface area contributed by atoms with Crippen LogP contribution >= 0.6 is 0 Å². The summed E-state index contributed by atoms with van der Waals surface area (Å²) in [5.74, 6) is 1.24. The van der Waals surface area contributed by atoms with Gasteiger partial charge in [-0.25, -0.2) is 0 Å². The van der Waals surface area contributed by atoms with E-state index in [1.165, 1.54) is 49.9 Å². The van der Waals surface area contributed by atoms with E-state index in [0.29, 0.717) is 11.8 Å². The third kappa shape index (κ3) is 4.82. The molecule has 2 atom stereocenters. The monoisotopic (exact) mass is 366 g/mol. The average Bonchev–Trinajstić information content (AvgIpc) is 3.24. The van der Waals surface area contributed by atoms with Gasteiger partial charge in [-0.3, -0.25) is 4.79 Å². The van der Waals surface area contributed by atoms with Crippen molar-refractivity contribution in [3.05, 3.63) is 47.5 Å². The molecule has 1 heterocycles. The first-order valence-electron chi connectivity index (χ1n) is 11.0. The molecular weight excluding hydrogens is 332 g/mol. The van der Waals surface area contributed by atoms with Crippen LogP contribution in [0.25, 0.3) is 0 Å². The molecule has 0 saturated carbocycles. The number of nitrogens with zero attached hydrogens (tertiary/aromatic N) is 2. The summed E-state index contributed by atoms with van der Waals surface area (Å²) in [6, 6.07) is 8.69. The number of hydrogen-bond donors (Lipinski definition) is 0. The summed E-state index contributed by atoms with van der Waals surface area (Å²) in [6.07, 6.45) is 13.8. The molecule has 0 spiro atoms. The first-order chi connectivity index (χ1) is 13.3. The lowest BCUT2D eigenvalue weighted by atomic mass is 9.83. The van der Waals surface area contributed by atoms with Gasteiger partial charge >= 0.3 is 0 Å². The molecule has 0 radical (unpaired) electrons. The van der Waals surface area contributed by atoms with E-state index < -0.39 is 0 Å². The number of aryl methyl sites for hydroxylation is 1. The average molecular weight is 367 g/mol. The van der Waals surface area contributed by atoms with E-state index in [0.717, 1.165) is 45.3 Å². The first-order valence-corrected chi connectivity index (χ1v) is 11.0. The Labute approximate surface area is 164 Å². The van der Waals surface area contributed by atoms with Crippen LogP contribution in [-0.2, 0) is 17.6 Å². The number of carbonyl (C=O) groups excluding carboxylic acids is 1. The minimum Gasteiger partial charge on any atom is -0.341 e. The Kier molecular flexibility index (Phi) is 6.28. The van der Waals surface area contributed by atoms with E-state index in [1.54, 1.807) is 0 Å². The molecule has 1 fully saturated rings. The summed E-state index contributed by atoms with van der Waals surface area (Å²) < 4.78 is 0. The number of carbonyl (C=O) groups is 1. The zero-order valence-corrected chi connectivity index (χ0v) is 16.6. The van der Waals surface area contributed by atoms with E-state index in [4.69, 9.17) is 0 Å². The second kappa shape index (κ2) is 9.05. The molecule has 3 heteroatoms. The van der Waals surface area contributed by atoms with Crippen molar-refractivity contribution in [2.24, 2.45) is 11.8 Å². The minimum absolute atomic E-state index is 0.178. The largest absolute Gasteiger partial charge is 0.341 e. The van der Waals surface area contributed by atoms with Crippen molar-refractivity contribution in [2.45, 2.75) is 51.4 Å². The van der Waals surface area contributed by atoms with Crippen molar-refractivity contribution in [2.75, 3.05) is 32.7 Å². The Morgan fingerprint density at radius 3 is 2.67 bits per heavy atom. The Morgan fingerprint density at radius 1 is 1.07 bits per heavy atom. The maximum Gasteiger partial charge on any atom is 0.226 e. The molecule has 1 aromatic rings. The highest BCUT2D eigenvalue weighted by molar-refractivity contribution is 5.79. The van der Waals surface area contributed by atoms with Crippen molar-refractivity contribution < 1.29 is 4.79 Å².